The number of hydrogen-bond acceptors (Lipinski definition) is 2. The Bertz CT molecular complexity index is 380. The summed E-state index contributed by atoms with van der Waals surface area (Å²) in [4.78, 5) is 23.9. The van der Waals surface area contributed by atoms with Crippen molar-refractivity contribution in [2.24, 2.45) is 5.41 Å². The van der Waals surface area contributed by atoms with E-state index in [1.54, 1.807) is 0 Å². The highest BCUT2D eigenvalue weighted by Gasteiger charge is 2.24. The van der Waals surface area contributed by atoms with Gasteiger partial charge in [0.1, 0.15) is 0 Å². The van der Waals surface area contributed by atoms with Crippen molar-refractivity contribution >= 4 is 11.8 Å². The van der Waals surface area contributed by atoms with Crippen LogP contribution < -0.4 is 10.6 Å². The van der Waals surface area contributed by atoms with Crippen LogP contribution in [0.1, 0.15) is 97.8 Å². The molecule has 4 heteroatoms. The summed E-state index contributed by atoms with van der Waals surface area (Å²) < 4.78 is 0. The van der Waals surface area contributed by atoms with Gasteiger partial charge in [0.2, 0.25) is 11.8 Å². The molecule has 0 aliphatic carbocycles. The average Bonchev–Trinajstić information content (AvgIpc) is 2.69. The lowest BCUT2D eigenvalue weighted by molar-refractivity contribution is -0.124. The molecule has 2 amide bonds. The van der Waals surface area contributed by atoms with Gasteiger partial charge in [-0.25, -0.2) is 0 Å². The highest BCUT2D eigenvalue weighted by molar-refractivity contribution is 5.80. The normalized spacial score (nSPS) is 18.8. The van der Waals surface area contributed by atoms with Crippen molar-refractivity contribution in [2.75, 3.05) is 6.54 Å². The summed E-state index contributed by atoms with van der Waals surface area (Å²) in [5, 5.41) is 5.93. The van der Waals surface area contributed by atoms with E-state index >= 15 is 0 Å². The van der Waals surface area contributed by atoms with Gasteiger partial charge in [-0.2, -0.15) is 0 Å². The number of carbonyl (C=O) groups excluding carboxylic acids is 2. The van der Waals surface area contributed by atoms with Gasteiger partial charge < -0.3 is 10.6 Å². The highest BCUT2D eigenvalue weighted by atomic mass is 16.2. The summed E-state index contributed by atoms with van der Waals surface area (Å²) in [7, 11) is 0. The van der Waals surface area contributed by atoms with Crippen LogP contribution in [0.15, 0.2) is 0 Å². The van der Waals surface area contributed by atoms with E-state index in [2.05, 4.69) is 31.4 Å². The van der Waals surface area contributed by atoms with Gasteiger partial charge in [-0.05, 0) is 24.7 Å². The smallest absolute Gasteiger partial charge is 0.222 e. The Morgan fingerprint density at radius 3 is 2.54 bits per heavy atom. The van der Waals surface area contributed by atoms with Crippen LogP contribution in [0.4, 0.5) is 0 Å². The largest absolute Gasteiger partial charge is 0.356 e. The molecule has 2 N–H and O–H groups in total. The highest BCUT2D eigenvalue weighted by Crippen LogP contribution is 2.28. The Morgan fingerprint density at radius 2 is 1.83 bits per heavy atom. The van der Waals surface area contributed by atoms with Crippen molar-refractivity contribution in [2.45, 2.75) is 104 Å². The Kier molecular flexibility index (Phi) is 10.0. The molecule has 0 unspecified atom stereocenters. The van der Waals surface area contributed by atoms with Gasteiger partial charge in [0, 0.05) is 25.4 Å². The van der Waals surface area contributed by atoms with Crippen LogP contribution in [-0.2, 0) is 9.59 Å². The molecule has 0 aromatic rings. The van der Waals surface area contributed by atoms with E-state index in [1.165, 1.54) is 44.9 Å². The van der Waals surface area contributed by atoms with Crippen LogP contribution in [0.2, 0.25) is 0 Å². The average molecular weight is 339 g/mol. The first-order valence-corrected chi connectivity index (χ1v) is 9.99. The van der Waals surface area contributed by atoms with Crippen LogP contribution in [0.3, 0.4) is 0 Å². The van der Waals surface area contributed by atoms with Crippen molar-refractivity contribution in [3.63, 3.8) is 0 Å². The minimum absolute atomic E-state index is 0.00867. The number of nitrogens with one attached hydrogen (secondary N) is 2. The van der Waals surface area contributed by atoms with E-state index in [0.29, 0.717) is 12.8 Å². The van der Waals surface area contributed by atoms with Gasteiger partial charge in [-0.3, -0.25) is 9.59 Å². The third kappa shape index (κ3) is 9.94. The van der Waals surface area contributed by atoms with Crippen molar-refractivity contribution < 1.29 is 9.59 Å². The topological polar surface area (TPSA) is 58.2 Å². The second kappa shape index (κ2) is 11.5. The van der Waals surface area contributed by atoms with Gasteiger partial charge in [0.25, 0.3) is 0 Å². The first kappa shape index (κ1) is 21.0. The molecule has 1 saturated heterocycles. The number of unbranched alkanes of at least 4 members (excludes halogenated alkanes) is 6. The Balaban J connectivity index is 2.19. The predicted octanol–water partition coefficient (Wildman–Crippen LogP) is 4.33. The summed E-state index contributed by atoms with van der Waals surface area (Å²) in [6.07, 6.45) is 13.1. The third-order valence-electron chi connectivity index (χ3n) is 4.94. The molecule has 24 heavy (non-hydrogen) atoms. The molecular weight excluding hydrogens is 300 g/mol. The summed E-state index contributed by atoms with van der Waals surface area (Å²) in [5.74, 6) is 0.155. The SMILES string of the molecule is CCCCCCCCCC(C)(C)CC(=O)N[C@H]1CCCNC(=O)C1. The number of carbonyl (C=O) groups is 2. The number of hydrogen-bond donors (Lipinski definition) is 2. The maximum atomic E-state index is 12.3. The van der Waals surface area contributed by atoms with Gasteiger partial charge in [0.15, 0.2) is 0 Å². The molecule has 0 aromatic heterocycles. The van der Waals surface area contributed by atoms with Crippen LogP contribution >= 0.6 is 0 Å². The first-order valence-electron chi connectivity index (χ1n) is 9.99. The fourth-order valence-corrected chi connectivity index (χ4v) is 3.46. The number of amides is 2. The second-order valence-electron chi connectivity index (χ2n) is 8.17. The summed E-state index contributed by atoms with van der Waals surface area (Å²) in [6, 6.07) is 0.00867. The molecule has 0 radical (unpaired) electrons. The van der Waals surface area contributed by atoms with E-state index in [0.717, 1.165) is 25.8 Å². The Morgan fingerprint density at radius 1 is 1.17 bits per heavy atom. The molecule has 0 saturated carbocycles. The molecule has 1 heterocycles. The maximum absolute atomic E-state index is 12.3. The molecule has 0 spiro atoms. The zero-order valence-electron chi connectivity index (χ0n) is 16.1. The monoisotopic (exact) mass is 338 g/mol. The van der Waals surface area contributed by atoms with Crippen molar-refractivity contribution in [3.8, 4) is 0 Å². The fourth-order valence-electron chi connectivity index (χ4n) is 3.46. The molecule has 0 aromatic carbocycles. The lowest BCUT2D eigenvalue weighted by Crippen LogP contribution is -2.38. The molecular formula is C20H38N2O2. The molecule has 4 nitrogen and oxygen atoms in total. The molecule has 1 rings (SSSR count). The van der Waals surface area contributed by atoms with E-state index in [4.69, 9.17) is 0 Å². The fraction of sp³-hybridized carbons (Fsp3) is 0.900. The van der Waals surface area contributed by atoms with E-state index in [-0.39, 0.29) is 23.3 Å². The molecule has 0 bridgehead atoms. The lowest BCUT2D eigenvalue weighted by atomic mass is 9.83. The third-order valence-corrected chi connectivity index (χ3v) is 4.94. The summed E-state index contributed by atoms with van der Waals surface area (Å²) in [6.45, 7) is 7.34. The van der Waals surface area contributed by atoms with Gasteiger partial charge >= 0.3 is 0 Å². The minimum Gasteiger partial charge on any atom is -0.356 e. The van der Waals surface area contributed by atoms with Crippen molar-refractivity contribution in [1.29, 1.82) is 0 Å². The van der Waals surface area contributed by atoms with Crippen molar-refractivity contribution in [1.82, 2.24) is 10.6 Å². The van der Waals surface area contributed by atoms with E-state index < -0.39 is 0 Å². The van der Waals surface area contributed by atoms with Crippen LogP contribution in [0, 0.1) is 5.41 Å². The van der Waals surface area contributed by atoms with Crippen LogP contribution in [0.25, 0.3) is 0 Å². The maximum Gasteiger partial charge on any atom is 0.222 e. The molecule has 1 aliphatic rings. The number of rotatable bonds is 11. The zero-order valence-corrected chi connectivity index (χ0v) is 16.1. The van der Waals surface area contributed by atoms with Crippen molar-refractivity contribution in [3.05, 3.63) is 0 Å². The summed E-state index contributed by atoms with van der Waals surface area (Å²) >= 11 is 0. The first-order chi connectivity index (χ1) is 11.4. The quantitative estimate of drug-likeness (QED) is 0.551. The van der Waals surface area contributed by atoms with Crippen LogP contribution in [0.5, 0.6) is 0 Å². The second-order valence-corrected chi connectivity index (χ2v) is 8.17. The molecule has 1 fully saturated rings. The Hall–Kier alpha value is -1.06. The molecule has 1 atom stereocenters. The molecule has 140 valence electrons. The molecule has 1 aliphatic heterocycles. The van der Waals surface area contributed by atoms with E-state index in [9.17, 15) is 9.59 Å². The Labute approximate surface area is 148 Å². The van der Waals surface area contributed by atoms with Gasteiger partial charge in [-0.1, -0.05) is 65.7 Å². The lowest BCUT2D eigenvalue weighted by Gasteiger charge is -2.25. The van der Waals surface area contributed by atoms with E-state index in [1.807, 2.05) is 0 Å². The minimum atomic E-state index is 0.00867. The van der Waals surface area contributed by atoms with Gasteiger partial charge in [-0.15, -0.1) is 0 Å². The summed E-state index contributed by atoms with van der Waals surface area (Å²) in [5.41, 5.74) is 0.0422. The van der Waals surface area contributed by atoms with Gasteiger partial charge in [0.05, 0.1) is 0 Å². The zero-order chi connectivity index (χ0) is 17.8. The standard InChI is InChI=1S/C20H38N2O2/c1-4-5-6-7-8-9-10-13-20(2,3)16-19(24)22-17-12-11-14-21-18(23)15-17/h17H,4-16H2,1-3H3,(H,21,23)(H,22,24)/t17-/m0/s1. The predicted molar refractivity (Wildman–Crippen MR) is 99.8 cm³/mol. The van der Waals surface area contributed by atoms with Crippen LogP contribution in [-0.4, -0.2) is 24.4 Å².